The van der Waals surface area contributed by atoms with Crippen molar-refractivity contribution in [2.24, 2.45) is 0 Å². The van der Waals surface area contributed by atoms with Gasteiger partial charge in [-0.3, -0.25) is 9.69 Å². The lowest BCUT2D eigenvalue weighted by molar-refractivity contribution is -0.121. The van der Waals surface area contributed by atoms with Gasteiger partial charge in [-0.1, -0.05) is 30.3 Å². The minimum absolute atomic E-state index is 0.00330. The Morgan fingerprint density at radius 3 is 2.76 bits per heavy atom. The van der Waals surface area contributed by atoms with Crippen molar-refractivity contribution in [1.29, 1.82) is 0 Å². The summed E-state index contributed by atoms with van der Waals surface area (Å²) in [6.07, 6.45) is 1.62. The molecule has 0 radical (unpaired) electrons. The lowest BCUT2D eigenvalue weighted by Crippen LogP contribution is -2.38. The summed E-state index contributed by atoms with van der Waals surface area (Å²) < 4.78 is 16.9. The van der Waals surface area contributed by atoms with Crippen molar-refractivity contribution in [2.75, 3.05) is 39.5 Å². The van der Waals surface area contributed by atoms with E-state index >= 15 is 0 Å². The Morgan fingerprint density at radius 1 is 1.06 bits per heavy atom. The summed E-state index contributed by atoms with van der Waals surface area (Å²) in [6.45, 7) is 5.48. The molecule has 174 valence electrons. The van der Waals surface area contributed by atoms with Crippen LogP contribution in [0.1, 0.15) is 24.3 Å². The summed E-state index contributed by atoms with van der Waals surface area (Å²) in [7, 11) is 0. The molecule has 8 nitrogen and oxygen atoms in total. The molecular formula is C25H30N4O4. The summed E-state index contributed by atoms with van der Waals surface area (Å²) in [4.78, 5) is 14.6. The van der Waals surface area contributed by atoms with Crippen LogP contribution in [0.25, 0.3) is 11.5 Å². The van der Waals surface area contributed by atoms with E-state index in [1.54, 1.807) is 0 Å². The smallest absolute Gasteiger partial charge is 0.247 e. The van der Waals surface area contributed by atoms with Crippen molar-refractivity contribution in [2.45, 2.75) is 25.8 Å². The highest BCUT2D eigenvalue weighted by Gasteiger charge is 2.11. The highest BCUT2D eigenvalue weighted by Crippen LogP contribution is 2.18. The number of morpholine rings is 1. The average molecular weight is 451 g/mol. The quantitative estimate of drug-likeness (QED) is 0.480. The first-order valence-corrected chi connectivity index (χ1v) is 11.4. The van der Waals surface area contributed by atoms with Gasteiger partial charge < -0.3 is 19.2 Å². The van der Waals surface area contributed by atoms with Gasteiger partial charge in [-0.05, 0) is 36.2 Å². The lowest BCUT2D eigenvalue weighted by Gasteiger charge is -2.26. The number of nitrogens with one attached hydrogen (secondary N) is 1. The zero-order chi connectivity index (χ0) is 22.7. The maximum atomic E-state index is 12.2. The maximum Gasteiger partial charge on any atom is 0.247 e. The summed E-state index contributed by atoms with van der Waals surface area (Å²) >= 11 is 0. The molecule has 8 heteroatoms. The second-order valence-electron chi connectivity index (χ2n) is 7.95. The lowest BCUT2D eigenvalue weighted by atomic mass is 10.2. The van der Waals surface area contributed by atoms with Gasteiger partial charge >= 0.3 is 0 Å². The number of carbonyl (C=O) groups excluding carboxylic acids is 1. The van der Waals surface area contributed by atoms with Crippen LogP contribution in [-0.2, 0) is 22.5 Å². The molecule has 3 aromatic rings. The van der Waals surface area contributed by atoms with Crippen molar-refractivity contribution in [1.82, 2.24) is 20.4 Å². The fourth-order valence-electron chi connectivity index (χ4n) is 3.60. The topological polar surface area (TPSA) is 89.7 Å². The number of benzene rings is 2. The number of aromatic nitrogens is 2. The predicted molar refractivity (Wildman–Crippen MR) is 124 cm³/mol. The first-order valence-electron chi connectivity index (χ1n) is 11.4. The fraction of sp³-hybridized carbons (Fsp3) is 0.400. The Morgan fingerprint density at radius 2 is 1.91 bits per heavy atom. The standard InChI is InChI=1S/C25H30N4O4/c30-23(10-5-11-24-27-28-25(33-24)21-7-2-1-3-8-21)26-19-20-6-4-9-22(18-20)32-17-14-29-12-15-31-16-13-29/h1-4,6-9,18H,5,10-17,19H2,(H,26,30). The van der Waals surface area contributed by atoms with Gasteiger partial charge in [0.1, 0.15) is 12.4 Å². The molecule has 2 heterocycles. The van der Waals surface area contributed by atoms with Gasteiger partial charge in [-0.15, -0.1) is 10.2 Å². The second kappa shape index (κ2) is 12.1. The molecule has 0 spiro atoms. The molecule has 1 fully saturated rings. The third-order valence-electron chi connectivity index (χ3n) is 5.45. The number of rotatable bonds is 11. The van der Waals surface area contributed by atoms with Crippen molar-refractivity contribution in [3.05, 3.63) is 66.1 Å². The molecule has 0 aliphatic carbocycles. The summed E-state index contributed by atoms with van der Waals surface area (Å²) in [6, 6.07) is 17.5. The summed E-state index contributed by atoms with van der Waals surface area (Å²) in [5.41, 5.74) is 1.90. The van der Waals surface area contributed by atoms with Gasteiger partial charge in [0.2, 0.25) is 17.7 Å². The number of carbonyl (C=O) groups is 1. The molecule has 1 aromatic heterocycles. The van der Waals surface area contributed by atoms with E-state index < -0.39 is 0 Å². The minimum atomic E-state index is -0.00330. The second-order valence-corrected chi connectivity index (χ2v) is 7.95. The predicted octanol–water partition coefficient (Wildman–Crippen LogP) is 3.09. The zero-order valence-corrected chi connectivity index (χ0v) is 18.7. The van der Waals surface area contributed by atoms with Crippen LogP contribution in [0.15, 0.2) is 59.0 Å². The molecule has 0 unspecified atom stereocenters. The van der Waals surface area contributed by atoms with Crippen LogP contribution < -0.4 is 10.1 Å². The number of nitrogens with zero attached hydrogens (tertiary/aromatic N) is 3. The van der Waals surface area contributed by atoms with Gasteiger partial charge in [0.05, 0.1) is 13.2 Å². The van der Waals surface area contributed by atoms with Crippen LogP contribution in [0.2, 0.25) is 0 Å². The number of aryl methyl sites for hydroxylation is 1. The molecule has 1 aliphatic rings. The Bertz CT molecular complexity index is 1000. The first-order chi connectivity index (χ1) is 16.3. The van der Waals surface area contributed by atoms with E-state index in [4.69, 9.17) is 13.9 Å². The highest BCUT2D eigenvalue weighted by molar-refractivity contribution is 5.75. The number of ether oxygens (including phenoxy) is 2. The van der Waals surface area contributed by atoms with Crippen molar-refractivity contribution in [3.63, 3.8) is 0 Å². The van der Waals surface area contributed by atoms with Crippen molar-refractivity contribution < 1.29 is 18.7 Å². The van der Waals surface area contributed by atoms with Crippen molar-refractivity contribution in [3.8, 4) is 17.2 Å². The number of hydrogen-bond acceptors (Lipinski definition) is 7. The Hall–Kier alpha value is -3.23. The monoisotopic (exact) mass is 450 g/mol. The maximum absolute atomic E-state index is 12.2. The highest BCUT2D eigenvalue weighted by atomic mass is 16.5. The van der Waals surface area contributed by atoms with E-state index in [1.165, 1.54) is 0 Å². The van der Waals surface area contributed by atoms with Crippen molar-refractivity contribution >= 4 is 5.91 Å². The Labute approximate surface area is 193 Å². The minimum Gasteiger partial charge on any atom is -0.492 e. The first kappa shape index (κ1) is 22.9. The summed E-state index contributed by atoms with van der Waals surface area (Å²) in [5.74, 6) is 1.86. The molecule has 33 heavy (non-hydrogen) atoms. The van der Waals surface area contributed by atoms with Gasteiger partial charge in [0, 0.05) is 44.6 Å². The zero-order valence-electron chi connectivity index (χ0n) is 18.7. The van der Waals surface area contributed by atoms with E-state index in [9.17, 15) is 4.79 Å². The Kier molecular flexibility index (Phi) is 8.43. The van der Waals surface area contributed by atoms with Gasteiger partial charge in [0.25, 0.3) is 0 Å². The molecule has 2 aromatic carbocycles. The van der Waals surface area contributed by atoms with Crippen LogP contribution in [-0.4, -0.2) is 60.5 Å². The molecule has 4 rings (SSSR count). The van der Waals surface area contributed by atoms with E-state index in [0.717, 1.165) is 49.7 Å². The van der Waals surface area contributed by atoms with Crippen LogP contribution in [0.4, 0.5) is 0 Å². The van der Waals surface area contributed by atoms with Gasteiger partial charge in [-0.25, -0.2) is 0 Å². The molecule has 1 N–H and O–H groups in total. The molecule has 1 amide bonds. The largest absolute Gasteiger partial charge is 0.492 e. The number of hydrogen-bond donors (Lipinski definition) is 1. The van der Waals surface area contributed by atoms with Gasteiger partial charge in [0.15, 0.2) is 0 Å². The van der Waals surface area contributed by atoms with Crippen LogP contribution in [0, 0.1) is 0 Å². The normalized spacial score (nSPS) is 14.2. The molecule has 0 bridgehead atoms. The summed E-state index contributed by atoms with van der Waals surface area (Å²) in [5, 5.41) is 11.1. The van der Waals surface area contributed by atoms with E-state index in [-0.39, 0.29) is 5.91 Å². The van der Waals surface area contributed by atoms with E-state index in [2.05, 4.69) is 20.4 Å². The molecule has 1 aliphatic heterocycles. The average Bonchev–Trinajstić information content (AvgIpc) is 3.33. The van der Waals surface area contributed by atoms with E-state index in [1.807, 2.05) is 54.6 Å². The third-order valence-corrected chi connectivity index (χ3v) is 5.45. The third kappa shape index (κ3) is 7.40. The molecule has 0 atom stereocenters. The van der Waals surface area contributed by atoms with Crippen LogP contribution in [0.5, 0.6) is 5.75 Å². The molecular weight excluding hydrogens is 420 g/mol. The van der Waals surface area contributed by atoms with Gasteiger partial charge in [-0.2, -0.15) is 0 Å². The fourth-order valence-corrected chi connectivity index (χ4v) is 3.60. The SMILES string of the molecule is O=C(CCCc1nnc(-c2ccccc2)o1)NCc1cccc(OCCN2CCOCC2)c1. The Balaban J connectivity index is 1.14. The van der Waals surface area contributed by atoms with E-state index in [0.29, 0.717) is 44.2 Å². The van der Waals surface area contributed by atoms with Crippen LogP contribution >= 0.6 is 0 Å². The number of amides is 1. The molecule has 0 saturated carbocycles. The molecule has 1 saturated heterocycles. The van der Waals surface area contributed by atoms with Crippen LogP contribution in [0.3, 0.4) is 0 Å².